The van der Waals surface area contributed by atoms with Crippen LogP contribution in [0.25, 0.3) is 0 Å². The smallest absolute Gasteiger partial charge is 0.326 e. The predicted molar refractivity (Wildman–Crippen MR) is 68.2 cm³/mol. The van der Waals surface area contributed by atoms with Crippen LogP contribution in [0.15, 0.2) is 0 Å². The molecule has 0 spiro atoms. The van der Waals surface area contributed by atoms with Crippen molar-refractivity contribution < 1.29 is 14.7 Å². The molecule has 0 unspecified atom stereocenters. The van der Waals surface area contributed by atoms with Crippen molar-refractivity contribution in [3.05, 3.63) is 0 Å². The van der Waals surface area contributed by atoms with Gasteiger partial charge >= 0.3 is 5.97 Å². The Morgan fingerprint density at radius 2 is 1.83 bits per heavy atom. The Bertz CT molecular complexity index is 310. The molecule has 1 heterocycles. The van der Waals surface area contributed by atoms with E-state index in [-0.39, 0.29) is 5.91 Å². The van der Waals surface area contributed by atoms with E-state index >= 15 is 0 Å². The Morgan fingerprint density at radius 3 is 2.50 bits per heavy atom. The number of amides is 1. The first-order valence-corrected chi connectivity index (χ1v) is 7.21. The predicted octanol–water partition coefficient (Wildman–Crippen LogP) is 2.42. The number of carbonyl (C=O) groups excluding carboxylic acids is 1. The number of carboxylic acids is 1. The Balaban J connectivity index is 1.71. The zero-order valence-electron chi connectivity index (χ0n) is 10.9. The Labute approximate surface area is 108 Å². The van der Waals surface area contributed by atoms with Gasteiger partial charge in [-0.1, -0.05) is 25.7 Å². The fourth-order valence-corrected chi connectivity index (χ4v) is 3.31. The largest absolute Gasteiger partial charge is 0.480 e. The summed E-state index contributed by atoms with van der Waals surface area (Å²) >= 11 is 0. The van der Waals surface area contributed by atoms with Gasteiger partial charge in [0.2, 0.25) is 5.91 Å². The standard InChI is InChI=1S/C14H23NO3/c16-13(9-3-7-11-5-1-2-6-11)15-10-4-8-12(15)14(17)18/h11-12H,1-10H2,(H,17,18)/t12-/m0/s1. The molecule has 1 aliphatic heterocycles. The molecule has 2 rings (SSSR count). The average molecular weight is 253 g/mol. The Morgan fingerprint density at radius 1 is 1.11 bits per heavy atom. The van der Waals surface area contributed by atoms with Crippen molar-refractivity contribution in [1.82, 2.24) is 4.90 Å². The van der Waals surface area contributed by atoms with Crippen LogP contribution in [0, 0.1) is 5.92 Å². The summed E-state index contributed by atoms with van der Waals surface area (Å²) in [6.07, 6.45) is 9.34. The number of carboxylic acid groups (broad SMARTS) is 1. The molecule has 1 saturated carbocycles. The summed E-state index contributed by atoms with van der Waals surface area (Å²) in [6, 6.07) is -0.566. The molecule has 1 N–H and O–H groups in total. The second kappa shape index (κ2) is 6.21. The van der Waals surface area contributed by atoms with Gasteiger partial charge in [-0.15, -0.1) is 0 Å². The minimum atomic E-state index is -0.850. The lowest BCUT2D eigenvalue weighted by Crippen LogP contribution is -2.40. The van der Waals surface area contributed by atoms with Crippen LogP contribution in [0.1, 0.15) is 57.8 Å². The molecular formula is C14H23NO3. The van der Waals surface area contributed by atoms with Crippen molar-refractivity contribution in [1.29, 1.82) is 0 Å². The van der Waals surface area contributed by atoms with Gasteiger partial charge in [0.25, 0.3) is 0 Å². The first-order valence-electron chi connectivity index (χ1n) is 7.21. The van der Waals surface area contributed by atoms with E-state index in [4.69, 9.17) is 5.11 Å². The summed E-state index contributed by atoms with van der Waals surface area (Å²) in [5, 5.41) is 9.04. The van der Waals surface area contributed by atoms with Crippen molar-refractivity contribution in [3.8, 4) is 0 Å². The molecule has 0 aromatic rings. The molecule has 1 amide bonds. The topological polar surface area (TPSA) is 57.6 Å². The SMILES string of the molecule is O=C(O)[C@@H]1CCCN1C(=O)CCCC1CCCC1. The highest BCUT2D eigenvalue weighted by molar-refractivity contribution is 5.84. The Hall–Kier alpha value is -1.06. The third kappa shape index (κ3) is 3.24. The van der Waals surface area contributed by atoms with Crippen LogP contribution < -0.4 is 0 Å². The molecule has 4 nitrogen and oxygen atoms in total. The Kier molecular flexibility index (Phi) is 4.61. The number of carbonyl (C=O) groups is 2. The number of aliphatic carboxylic acids is 1. The van der Waals surface area contributed by atoms with Gasteiger partial charge in [0.05, 0.1) is 0 Å². The van der Waals surface area contributed by atoms with Crippen LogP contribution in [-0.2, 0) is 9.59 Å². The van der Waals surface area contributed by atoms with Crippen molar-refractivity contribution in [3.63, 3.8) is 0 Å². The van der Waals surface area contributed by atoms with Crippen molar-refractivity contribution in [2.45, 2.75) is 63.8 Å². The highest BCUT2D eigenvalue weighted by atomic mass is 16.4. The van der Waals surface area contributed by atoms with E-state index in [0.29, 0.717) is 19.4 Å². The minimum absolute atomic E-state index is 0.0397. The van der Waals surface area contributed by atoms with Crippen LogP contribution in [-0.4, -0.2) is 34.5 Å². The fraction of sp³-hybridized carbons (Fsp3) is 0.857. The maximum absolute atomic E-state index is 12.0. The lowest BCUT2D eigenvalue weighted by Gasteiger charge is -2.21. The van der Waals surface area contributed by atoms with Crippen LogP contribution >= 0.6 is 0 Å². The molecule has 0 radical (unpaired) electrons. The monoisotopic (exact) mass is 253 g/mol. The number of rotatable bonds is 5. The second-order valence-electron chi connectivity index (χ2n) is 5.63. The second-order valence-corrected chi connectivity index (χ2v) is 5.63. The van der Waals surface area contributed by atoms with E-state index in [1.54, 1.807) is 4.90 Å². The molecule has 2 fully saturated rings. The van der Waals surface area contributed by atoms with Gasteiger partial charge < -0.3 is 10.0 Å². The first-order chi connectivity index (χ1) is 8.68. The van der Waals surface area contributed by atoms with Gasteiger partial charge in [0, 0.05) is 13.0 Å². The summed E-state index contributed by atoms with van der Waals surface area (Å²) in [4.78, 5) is 24.6. The zero-order valence-corrected chi connectivity index (χ0v) is 10.9. The van der Waals surface area contributed by atoms with Crippen molar-refractivity contribution in [2.75, 3.05) is 6.54 Å². The molecule has 18 heavy (non-hydrogen) atoms. The summed E-state index contributed by atoms with van der Waals surface area (Å²) in [5.41, 5.74) is 0. The molecule has 102 valence electrons. The van der Waals surface area contributed by atoms with Crippen molar-refractivity contribution in [2.24, 2.45) is 5.92 Å². The van der Waals surface area contributed by atoms with E-state index in [2.05, 4.69) is 0 Å². The number of likely N-dealkylation sites (tertiary alicyclic amines) is 1. The maximum Gasteiger partial charge on any atom is 0.326 e. The van der Waals surface area contributed by atoms with Gasteiger partial charge in [0.15, 0.2) is 0 Å². The zero-order chi connectivity index (χ0) is 13.0. The van der Waals surface area contributed by atoms with Crippen molar-refractivity contribution >= 4 is 11.9 Å². The van der Waals surface area contributed by atoms with Gasteiger partial charge in [-0.25, -0.2) is 4.79 Å². The molecular weight excluding hydrogens is 230 g/mol. The molecule has 0 aromatic carbocycles. The van der Waals surface area contributed by atoms with Gasteiger partial charge in [-0.3, -0.25) is 4.79 Å². The minimum Gasteiger partial charge on any atom is -0.480 e. The normalized spacial score (nSPS) is 24.7. The highest BCUT2D eigenvalue weighted by Gasteiger charge is 2.33. The van der Waals surface area contributed by atoms with Crippen LogP contribution in [0.5, 0.6) is 0 Å². The van der Waals surface area contributed by atoms with Gasteiger partial charge in [-0.05, 0) is 31.6 Å². The van der Waals surface area contributed by atoms with E-state index in [9.17, 15) is 9.59 Å². The van der Waals surface area contributed by atoms with E-state index in [1.165, 1.54) is 25.7 Å². The van der Waals surface area contributed by atoms with E-state index < -0.39 is 12.0 Å². The highest BCUT2D eigenvalue weighted by Crippen LogP contribution is 2.29. The number of hydrogen-bond donors (Lipinski definition) is 1. The lowest BCUT2D eigenvalue weighted by molar-refractivity contribution is -0.148. The molecule has 0 aromatic heterocycles. The molecule has 1 saturated heterocycles. The number of hydrogen-bond acceptors (Lipinski definition) is 2. The average Bonchev–Trinajstić information content (AvgIpc) is 2.99. The molecule has 0 bridgehead atoms. The van der Waals surface area contributed by atoms with Crippen LogP contribution in [0.2, 0.25) is 0 Å². The fourth-order valence-electron chi connectivity index (χ4n) is 3.31. The van der Waals surface area contributed by atoms with Crippen LogP contribution in [0.4, 0.5) is 0 Å². The maximum atomic E-state index is 12.0. The summed E-state index contributed by atoms with van der Waals surface area (Å²) < 4.78 is 0. The van der Waals surface area contributed by atoms with Crippen LogP contribution in [0.3, 0.4) is 0 Å². The summed E-state index contributed by atoms with van der Waals surface area (Å²) in [5.74, 6) is 0.00110. The molecule has 4 heteroatoms. The molecule has 1 aliphatic carbocycles. The van der Waals surface area contributed by atoms with E-state index in [1.807, 2.05) is 0 Å². The third-order valence-corrected chi connectivity index (χ3v) is 4.34. The first kappa shape index (κ1) is 13.4. The van der Waals surface area contributed by atoms with E-state index in [0.717, 1.165) is 25.2 Å². The molecule has 2 aliphatic rings. The quantitative estimate of drug-likeness (QED) is 0.818. The van der Waals surface area contributed by atoms with Gasteiger partial charge in [-0.2, -0.15) is 0 Å². The molecule has 1 atom stereocenters. The summed E-state index contributed by atoms with van der Waals surface area (Å²) in [6.45, 7) is 0.624. The lowest BCUT2D eigenvalue weighted by atomic mass is 10.0. The van der Waals surface area contributed by atoms with Gasteiger partial charge in [0.1, 0.15) is 6.04 Å². The third-order valence-electron chi connectivity index (χ3n) is 4.34. The summed E-state index contributed by atoms with van der Waals surface area (Å²) in [7, 11) is 0. The number of nitrogens with zero attached hydrogens (tertiary/aromatic N) is 1.